The minimum atomic E-state index is -0.614. The second-order valence-corrected chi connectivity index (χ2v) is 4.53. The van der Waals surface area contributed by atoms with Crippen LogP contribution in [0.4, 0.5) is 10.2 Å². The lowest BCUT2D eigenvalue weighted by Gasteiger charge is -2.37. The van der Waals surface area contributed by atoms with Gasteiger partial charge in [-0.05, 0) is 13.0 Å². The minimum absolute atomic E-state index is 0.00867. The fourth-order valence-corrected chi connectivity index (χ4v) is 1.99. The molecular weight excluding hydrogens is 253 g/mol. The molecule has 0 bridgehead atoms. The third kappa shape index (κ3) is 2.82. The van der Waals surface area contributed by atoms with Crippen molar-refractivity contribution in [3.05, 3.63) is 23.6 Å². The minimum Gasteiger partial charge on any atom is -0.394 e. The summed E-state index contributed by atoms with van der Waals surface area (Å²) in [4.78, 5) is 17.5. The largest absolute Gasteiger partial charge is 0.394 e. The van der Waals surface area contributed by atoms with Gasteiger partial charge < -0.3 is 20.5 Å². The number of pyridine rings is 1. The Hall–Kier alpha value is -1.73. The molecule has 2 unspecified atom stereocenters. The number of rotatable bonds is 2. The molecule has 0 radical (unpaired) electrons. The number of nitrogens with two attached hydrogens (primary N) is 1. The van der Waals surface area contributed by atoms with Crippen LogP contribution in [0.25, 0.3) is 0 Å². The van der Waals surface area contributed by atoms with Crippen LogP contribution in [0, 0.1) is 5.82 Å². The monoisotopic (exact) mass is 269 g/mol. The maximum absolute atomic E-state index is 13.2. The van der Waals surface area contributed by atoms with E-state index in [1.807, 2.05) is 6.92 Å². The standard InChI is InChI=1S/C12H16FN3O3/c1-7-6-19-9(5-17)4-16(7)12(18)10-2-8(13)3-15-11(10)14/h2-3,7,9,17H,4-6H2,1H3,(H2,14,15). The molecule has 1 aromatic heterocycles. The average Bonchev–Trinajstić information content (AvgIpc) is 2.41. The number of nitrogen functional groups attached to an aromatic ring is 1. The number of hydrogen-bond donors (Lipinski definition) is 2. The third-order valence-electron chi connectivity index (χ3n) is 3.09. The molecule has 1 fully saturated rings. The van der Waals surface area contributed by atoms with E-state index in [1.54, 1.807) is 0 Å². The summed E-state index contributed by atoms with van der Waals surface area (Å²) in [5, 5.41) is 9.09. The van der Waals surface area contributed by atoms with Crippen LogP contribution in [-0.4, -0.2) is 52.8 Å². The van der Waals surface area contributed by atoms with Gasteiger partial charge in [0.25, 0.3) is 5.91 Å². The molecule has 19 heavy (non-hydrogen) atoms. The molecule has 0 spiro atoms. The Labute approximate surface area is 110 Å². The summed E-state index contributed by atoms with van der Waals surface area (Å²) in [5.41, 5.74) is 5.64. The van der Waals surface area contributed by atoms with Gasteiger partial charge in [0, 0.05) is 6.54 Å². The van der Waals surface area contributed by atoms with Crippen molar-refractivity contribution in [1.82, 2.24) is 9.88 Å². The summed E-state index contributed by atoms with van der Waals surface area (Å²) in [5.74, 6) is -1.03. The topological polar surface area (TPSA) is 88.7 Å². The van der Waals surface area contributed by atoms with Gasteiger partial charge in [0.1, 0.15) is 11.6 Å². The van der Waals surface area contributed by atoms with Crippen molar-refractivity contribution in [2.24, 2.45) is 0 Å². The molecule has 0 aliphatic carbocycles. The molecule has 2 heterocycles. The quantitative estimate of drug-likeness (QED) is 0.790. The number of ether oxygens (including phenoxy) is 1. The number of aliphatic hydroxyl groups excluding tert-OH is 1. The second kappa shape index (κ2) is 5.50. The number of amides is 1. The van der Waals surface area contributed by atoms with Gasteiger partial charge in [-0.1, -0.05) is 0 Å². The van der Waals surface area contributed by atoms with Gasteiger partial charge in [-0.2, -0.15) is 0 Å². The van der Waals surface area contributed by atoms with Crippen molar-refractivity contribution in [2.75, 3.05) is 25.5 Å². The molecule has 1 aromatic rings. The second-order valence-electron chi connectivity index (χ2n) is 4.53. The first kappa shape index (κ1) is 13.7. The summed E-state index contributed by atoms with van der Waals surface area (Å²) in [6.07, 6.45) is 0.536. The van der Waals surface area contributed by atoms with E-state index in [1.165, 1.54) is 4.90 Å². The molecule has 0 aromatic carbocycles. The molecule has 6 nitrogen and oxygen atoms in total. The highest BCUT2D eigenvalue weighted by atomic mass is 19.1. The SMILES string of the molecule is CC1COC(CO)CN1C(=O)c1cc(F)cnc1N. The van der Waals surface area contributed by atoms with Crippen LogP contribution in [0.5, 0.6) is 0 Å². The maximum atomic E-state index is 13.2. The van der Waals surface area contributed by atoms with Gasteiger partial charge in [-0.3, -0.25) is 4.79 Å². The first-order valence-corrected chi connectivity index (χ1v) is 5.97. The zero-order valence-corrected chi connectivity index (χ0v) is 10.5. The van der Waals surface area contributed by atoms with Crippen molar-refractivity contribution in [1.29, 1.82) is 0 Å². The Morgan fingerprint density at radius 3 is 3.16 bits per heavy atom. The molecule has 104 valence electrons. The number of carbonyl (C=O) groups is 1. The third-order valence-corrected chi connectivity index (χ3v) is 3.09. The zero-order chi connectivity index (χ0) is 14.0. The fourth-order valence-electron chi connectivity index (χ4n) is 1.99. The van der Waals surface area contributed by atoms with Gasteiger partial charge in [0.2, 0.25) is 0 Å². The van der Waals surface area contributed by atoms with Crippen molar-refractivity contribution in [2.45, 2.75) is 19.1 Å². The van der Waals surface area contributed by atoms with Crippen LogP contribution in [-0.2, 0) is 4.74 Å². The smallest absolute Gasteiger partial charge is 0.258 e. The van der Waals surface area contributed by atoms with Crippen LogP contribution >= 0.6 is 0 Å². The lowest BCUT2D eigenvalue weighted by molar-refractivity contribution is -0.0667. The number of morpholine rings is 1. The number of aromatic nitrogens is 1. The molecule has 1 saturated heterocycles. The molecule has 0 saturated carbocycles. The van der Waals surface area contributed by atoms with Crippen LogP contribution in [0.1, 0.15) is 17.3 Å². The van der Waals surface area contributed by atoms with Crippen molar-refractivity contribution in [3.63, 3.8) is 0 Å². The first-order chi connectivity index (χ1) is 9.02. The Balaban J connectivity index is 2.24. The van der Waals surface area contributed by atoms with Gasteiger partial charge in [-0.25, -0.2) is 9.37 Å². The lowest BCUT2D eigenvalue weighted by atomic mass is 10.1. The van der Waals surface area contributed by atoms with E-state index in [-0.39, 0.29) is 30.6 Å². The predicted octanol–water partition coefficient (Wildman–Crippen LogP) is 0.0247. The number of hydrogen-bond acceptors (Lipinski definition) is 5. The summed E-state index contributed by atoms with van der Waals surface area (Å²) in [6.45, 7) is 2.20. The number of aliphatic hydroxyl groups is 1. The number of halogens is 1. The Morgan fingerprint density at radius 2 is 2.47 bits per heavy atom. The molecule has 1 amide bonds. The van der Waals surface area contributed by atoms with Gasteiger partial charge in [-0.15, -0.1) is 0 Å². The molecule has 1 aliphatic heterocycles. The van der Waals surface area contributed by atoms with Crippen LogP contribution in [0.3, 0.4) is 0 Å². The van der Waals surface area contributed by atoms with Gasteiger partial charge in [0.15, 0.2) is 0 Å². The summed E-state index contributed by atoms with van der Waals surface area (Å²) in [7, 11) is 0. The number of nitrogens with zero attached hydrogens (tertiary/aromatic N) is 2. The molecule has 3 N–H and O–H groups in total. The van der Waals surface area contributed by atoms with Crippen molar-refractivity contribution >= 4 is 11.7 Å². The first-order valence-electron chi connectivity index (χ1n) is 5.97. The molecule has 2 atom stereocenters. The lowest BCUT2D eigenvalue weighted by Crippen LogP contribution is -2.52. The Bertz CT molecular complexity index is 483. The van der Waals surface area contributed by atoms with Crippen molar-refractivity contribution in [3.8, 4) is 0 Å². The van der Waals surface area contributed by atoms with Crippen LogP contribution in [0.2, 0.25) is 0 Å². The highest BCUT2D eigenvalue weighted by Gasteiger charge is 2.31. The fraction of sp³-hybridized carbons (Fsp3) is 0.500. The molecular formula is C12H16FN3O3. The highest BCUT2D eigenvalue weighted by molar-refractivity contribution is 5.98. The van der Waals surface area contributed by atoms with E-state index in [0.29, 0.717) is 6.61 Å². The molecule has 7 heteroatoms. The Morgan fingerprint density at radius 1 is 1.74 bits per heavy atom. The van der Waals surface area contributed by atoms with Crippen molar-refractivity contribution < 1.29 is 19.0 Å². The van der Waals surface area contributed by atoms with Gasteiger partial charge >= 0.3 is 0 Å². The van der Waals surface area contributed by atoms with E-state index in [2.05, 4.69) is 4.98 Å². The molecule has 2 rings (SSSR count). The van der Waals surface area contributed by atoms with E-state index < -0.39 is 17.8 Å². The molecule has 1 aliphatic rings. The van der Waals surface area contributed by atoms with E-state index in [4.69, 9.17) is 15.6 Å². The number of anilines is 1. The van der Waals surface area contributed by atoms with Gasteiger partial charge in [0.05, 0.1) is 37.1 Å². The van der Waals surface area contributed by atoms with Crippen LogP contribution < -0.4 is 5.73 Å². The maximum Gasteiger partial charge on any atom is 0.258 e. The normalized spacial score (nSPS) is 23.4. The highest BCUT2D eigenvalue weighted by Crippen LogP contribution is 2.18. The summed E-state index contributed by atoms with van der Waals surface area (Å²) in [6, 6.07) is 0.902. The van der Waals surface area contributed by atoms with Crippen LogP contribution in [0.15, 0.2) is 12.3 Å². The Kier molecular flexibility index (Phi) is 3.96. The summed E-state index contributed by atoms with van der Waals surface area (Å²) < 4.78 is 18.5. The average molecular weight is 269 g/mol. The summed E-state index contributed by atoms with van der Waals surface area (Å²) >= 11 is 0. The predicted molar refractivity (Wildman–Crippen MR) is 65.9 cm³/mol. The van der Waals surface area contributed by atoms with E-state index >= 15 is 0 Å². The van der Waals surface area contributed by atoms with E-state index in [0.717, 1.165) is 12.3 Å². The zero-order valence-electron chi connectivity index (χ0n) is 10.5. The number of carbonyl (C=O) groups excluding carboxylic acids is 1. The van der Waals surface area contributed by atoms with E-state index in [9.17, 15) is 9.18 Å².